The quantitative estimate of drug-likeness (QED) is 0.364. The van der Waals surface area contributed by atoms with Gasteiger partial charge in [-0.3, -0.25) is 4.79 Å². The van der Waals surface area contributed by atoms with Crippen LogP contribution in [-0.4, -0.2) is 11.1 Å². The first kappa shape index (κ1) is 19.5. The number of carboxylic acids is 1. The molecule has 20 heavy (non-hydrogen) atoms. The third-order valence-electron chi connectivity index (χ3n) is 4.16. The Morgan fingerprint density at radius 2 is 1.05 bits per heavy atom. The van der Waals surface area contributed by atoms with Gasteiger partial charge in [-0.1, -0.05) is 90.9 Å². The smallest absolute Gasteiger partial charge is 0.306 e. The van der Waals surface area contributed by atoms with E-state index in [0.29, 0.717) is 0 Å². The predicted molar refractivity (Wildman–Crippen MR) is 87.1 cm³/mol. The molecule has 0 bridgehead atoms. The Bertz CT molecular complexity index is 213. The van der Waals surface area contributed by atoms with Gasteiger partial charge in [-0.2, -0.15) is 0 Å². The van der Waals surface area contributed by atoms with E-state index in [-0.39, 0.29) is 5.92 Å². The van der Waals surface area contributed by atoms with Crippen molar-refractivity contribution in [2.24, 2.45) is 5.92 Å². The summed E-state index contributed by atoms with van der Waals surface area (Å²) in [5, 5.41) is 9.23. The summed E-state index contributed by atoms with van der Waals surface area (Å²) < 4.78 is 0. The van der Waals surface area contributed by atoms with Gasteiger partial charge in [0.2, 0.25) is 0 Å². The first-order chi connectivity index (χ1) is 9.72. The molecule has 1 atom stereocenters. The number of rotatable bonds is 15. The molecule has 2 nitrogen and oxygen atoms in total. The van der Waals surface area contributed by atoms with Crippen molar-refractivity contribution >= 4 is 5.97 Å². The zero-order chi connectivity index (χ0) is 15.1. The fourth-order valence-corrected chi connectivity index (χ4v) is 2.73. The van der Waals surface area contributed by atoms with Crippen molar-refractivity contribution < 1.29 is 9.90 Å². The number of unbranched alkanes of at least 4 members (excludes halogenated alkanes) is 10. The van der Waals surface area contributed by atoms with E-state index < -0.39 is 5.97 Å². The van der Waals surface area contributed by atoms with E-state index >= 15 is 0 Å². The highest BCUT2D eigenvalue weighted by atomic mass is 16.4. The molecule has 0 aliphatic heterocycles. The Morgan fingerprint density at radius 3 is 1.45 bits per heavy atom. The minimum Gasteiger partial charge on any atom is -0.481 e. The molecule has 0 amide bonds. The molecule has 0 aromatic heterocycles. The van der Waals surface area contributed by atoms with Crippen LogP contribution in [0.15, 0.2) is 0 Å². The average molecular weight is 284 g/mol. The zero-order valence-electron chi connectivity index (χ0n) is 13.8. The Hall–Kier alpha value is -0.530. The van der Waals surface area contributed by atoms with Crippen molar-refractivity contribution in [3.63, 3.8) is 0 Å². The Morgan fingerprint density at radius 1 is 0.700 bits per heavy atom. The molecule has 0 unspecified atom stereocenters. The van der Waals surface area contributed by atoms with Crippen LogP contribution in [0.3, 0.4) is 0 Å². The fourth-order valence-electron chi connectivity index (χ4n) is 2.73. The van der Waals surface area contributed by atoms with Crippen molar-refractivity contribution in [2.45, 2.75) is 104 Å². The second-order valence-corrected chi connectivity index (χ2v) is 6.15. The van der Waals surface area contributed by atoms with Gasteiger partial charge in [-0.25, -0.2) is 0 Å². The van der Waals surface area contributed by atoms with E-state index in [2.05, 4.69) is 13.8 Å². The van der Waals surface area contributed by atoms with E-state index in [1.165, 1.54) is 64.2 Å². The summed E-state index contributed by atoms with van der Waals surface area (Å²) in [6.45, 7) is 4.43. The van der Waals surface area contributed by atoms with Gasteiger partial charge < -0.3 is 5.11 Å². The first-order valence-electron chi connectivity index (χ1n) is 8.95. The maximum Gasteiger partial charge on any atom is 0.306 e. The molecule has 0 heterocycles. The molecule has 1 N–H and O–H groups in total. The van der Waals surface area contributed by atoms with E-state index in [0.717, 1.165) is 25.7 Å². The molecule has 0 aromatic carbocycles. The van der Waals surface area contributed by atoms with E-state index in [1.54, 1.807) is 0 Å². The van der Waals surface area contributed by atoms with Crippen LogP contribution < -0.4 is 0 Å². The summed E-state index contributed by atoms with van der Waals surface area (Å²) in [7, 11) is 0. The lowest BCUT2D eigenvalue weighted by Gasteiger charge is -2.11. The number of hydrogen-bond donors (Lipinski definition) is 1. The Kier molecular flexibility index (Phi) is 14.5. The molecule has 0 aromatic rings. The summed E-state index contributed by atoms with van der Waals surface area (Å²) in [6.07, 6.45) is 16.8. The summed E-state index contributed by atoms with van der Waals surface area (Å²) in [5.41, 5.74) is 0. The molecular formula is C18H36O2. The highest BCUT2D eigenvalue weighted by Crippen LogP contribution is 2.19. The van der Waals surface area contributed by atoms with Crippen LogP contribution in [-0.2, 0) is 4.79 Å². The Balaban J connectivity index is 3.48. The fraction of sp³-hybridized carbons (Fsp3) is 0.944. The second-order valence-electron chi connectivity index (χ2n) is 6.15. The molecular weight excluding hydrogens is 248 g/mol. The standard InChI is InChI=1S/C18H36O2/c1-3-5-7-9-10-11-12-14-16-17(18(19)20)15-13-8-6-4-2/h17H,3-16H2,1-2H3,(H,19,20)/t17-/m0/s1. The van der Waals surface area contributed by atoms with Gasteiger partial charge in [0.05, 0.1) is 5.92 Å². The minimum atomic E-state index is -0.579. The highest BCUT2D eigenvalue weighted by Gasteiger charge is 2.15. The van der Waals surface area contributed by atoms with Gasteiger partial charge in [0.15, 0.2) is 0 Å². The molecule has 0 saturated heterocycles. The summed E-state index contributed by atoms with van der Waals surface area (Å²) in [4.78, 5) is 11.2. The van der Waals surface area contributed by atoms with Crippen molar-refractivity contribution in [3.8, 4) is 0 Å². The van der Waals surface area contributed by atoms with Gasteiger partial charge >= 0.3 is 5.97 Å². The van der Waals surface area contributed by atoms with Gasteiger partial charge in [-0.15, -0.1) is 0 Å². The molecule has 0 spiro atoms. The van der Waals surface area contributed by atoms with Crippen LogP contribution in [0.25, 0.3) is 0 Å². The van der Waals surface area contributed by atoms with Crippen LogP contribution in [0.5, 0.6) is 0 Å². The van der Waals surface area contributed by atoms with Gasteiger partial charge in [0.25, 0.3) is 0 Å². The number of carbonyl (C=O) groups is 1. The van der Waals surface area contributed by atoms with E-state index in [1.807, 2.05) is 0 Å². The number of aliphatic carboxylic acids is 1. The SMILES string of the molecule is CCCCCCCCCC[C@H](CCCCCC)C(=O)O. The maximum atomic E-state index is 11.2. The summed E-state index contributed by atoms with van der Waals surface area (Å²) in [6, 6.07) is 0. The van der Waals surface area contributed by atoms with Crippen LogP contribution in [0.4, 0.5) is 0 Å². The minimum absolute atomic E-state index is 0.0908. The molecule has 2 heteroatoms. The van der Waals surface area contributed by atoms with Gasteiger partial charge in [0.1, 0.15) is 0 Å². The van der Waals surface area contributed by atoms with Crippen molar-refractivity contribution in [1.29, 1.82) is 0 Å². The predicted octanol–water partition coefficient (Wildman–Crippen LogP) is 6.19. The lowest BCUT2D eigenvalue weighted by Crippen LogP contribution is -2.13. The van der Waals surface area contributed by atoms with Gasteiger partial charge in [-0.05, 0) is 12.8 Å². The lowest BCUT2D eigenvalue weighted by atomic mass is 9.94. The molecule has 0 aliphatic rings. The van der Waals surface area contributed by atoms with Crippen LogP contribution in [0.1, 0.15) is 104 Å². The molecule has 0 radical (unpaired) electrons. The van der Waals surface area contributed by atoms with E-state index in [4.69, 9.17) is 0 Å². The van der Waals surface area contributed by atoms with E-state index in [9.17, 15) is 9.90 Å². The third-order valence-corrected chi connectivity index (χ3v) is 4.16. The molecule has 0 aliphatic carbocycles. The molecule has 0 rings (SSSR count). The molecule has 120 valence electrons. The molecule has 0 fully saturated rings. The van der Waals surface area contributed by atoms with Crippen LogP contribution in [0.2, 0.25) is 0 Å². The monoisotopic (exact) mass is 284 g/mol. The van der Waals surface area contributed by atoms with Crippen LogP contribution in [0, 0.1) is 5.92 Å². The van der Waals surface area contributed by atoms with Crippen molar-refractivity contribution in [3.05, 3.63) is 0 Å². The average Bonchev–Trinajstić information content (AvgIpc) is 2.43. The van der Waals surface area contributed by atoms with Gasteiger partial charge in [0, 0.05) is 0 Å². The topological polar surface area (TPSA) is 37.3 Å². The summed E-state index contributed by atoms with van der Waals surface area (Å²) in [5.74, 6) is -0.670. The number of carboxylic acid groups (broad SMARTS) is 1. The largest absolute Gasteiger partial charge is 0.481 e. The molecule has 0 saturated carbocycles. The zero-order valence-corrected chi connectivity index (χ0v) is 13.8. The number of hydrogen-bond acceptors (Lipinski definition) is 1. The first-order valence-corrected chi connectivity index (χ1v) is 8.95. The van der Waals surface area contributed by atoms with Crippen molar-refractivity contribution in [1.82, 2.24) is 0 Å². The Labute approximate surface area is 126 Å². The lowest BCUT2D eigenvalue weighted by molar-refractivity contribution is -0.142. The van der Waals surface area contributed by atoms with Crippen molar-refractivity contribution in [2.75, 3.05) is 0 Å². The second kappa shape index (κ2) is 14.9. The third kappa shape index (κ3) is 12.5. The normalized spacial score (nSPS) is 12.5. The summed E-state index contributed by atoms with van der Waals surface area (Å²) >= 11 is 0. The highest BCUT2D eigenvalue weighted by molar-refractivity contribution is 5.69. The van der Waals surface area contributed by atoms with Crippen LogP contribution >= 0.6 is 0 Å². The maximum absolute atomic E-state index is 11.2.